The first kappa shape index (κ1) is 22.4. The van der Waals surface area contributed by atoms with E-state index in [1.54, 1.807) is 30.9 Å². The summed E-state index contributed by atoms with van der Waals surface area (Å²) in [5.41, 5.74) is 1.67. The second kappa shape index (κ2) is 9.07. The third kappa shape index (κ3) is 4.01. The lowest BCUT2D eigenvalue weighted by Crippen LogP contribution is -2.51. The second-order valence-electron chi connectivity index (χ2n) is 8.91. The van der Waals surface area contributed by atoms with Crippen LogP contribution in [0.15, 0.2) is 33.7 Å². The maximum Gasteiger partial charge on any atom is 0.292 e. The molecule has 1 aliphatic heterocycles. The van der Waals surface area contributed by atoms with Crippen LogP contribution in [-0.2, 0) is 4.74 Å². The molecule has 180 valence electrons. The monoisotopic (exact) mass is 467 g/mol. The highest BCUT2D eigenvalue weighted by Crippen LogP contribution is 2.29. The minimum Gasteiger partial charge on any atom is -0.386 e. The zero-order valence-corrected chi connectivity index (χ0v) is 19.5. The van der Waals surface area contributed by atoms with Gasteiger partial charge in [0.25, 0.3) is 11.5 Å². The lowest BCUT2D eigenvalue weighted by molar-refractivity contribution is 0.00678. The Hall–Kier alpha value is -3.44. The van der Waals surface area contributed by atoms with Crippen molar-refractivity contribution in [1.82, 2.24) is 24.9 Å². The molecule has 11 nitrogen and oxygen atoms in total. The van der Waals surface area contributed by atoms with Crippen molar-refractivity contribution in [2.45, 2.75) is 37.5 Å². The van der Waals surface area contributed by atoms with Gasteiger partial charge < -0.3 is 34.7 Å². The highest BCUT2D eigenvalue weighted by atomic mass is 16.5. The van der Waals surface area contributed by atoms with Crippen LogP contribution < -0.4 is 21.5 Å². The van der Waals surface area contributed by atoms with E-state index in [-0.39, 0.29) is 29.5 Å². The molecule has 3 atom stereocenters. The molecule has 1 saturated heterocycles. The molecule has 1 aliphatic carbocycles. The SMILES string of the molecule is CNc1cc(Nc2cccn(C3CCN(C)C3)c2=O)nc2c(C(=O)N[C@@H]3CC[C@H]3OC)onc12. The van der Waals surface area contributed by atoms with Crippen molar-refractivity contribution in [3.8, 4) is 0 Å². The molecule has 34 heavy (non-hydrogen) atoms. The molecule has 11 heteroatoms. The minimum atomic E-state index is -0.395. The number of fused-ring (bicyclic) bond motifs is 1. The lowest BCUT2D eigenvalue weighted by Gasteiger charge is -2.35. The summed E-state index contributed by atoms with van der Waals surface area (Å²) in [6.45, 7) is 1.80. The van der Waals surface area contributed by atoms with E-state index in [0.29, 0.717) is 28.2 Å². The Bertz CT molecular complexity index is 1270. The first-order chi connectivity index (χ1) is 16.5. The number of anilines is 3. The van der Waals surface area contributed by atoms with E-state index in [2.05, 4.69) is 38.0 Å². The zero-order chi connectivity index (χ0) is 23.8. The van der Waals surface area contributed by atoms with E-state index in [9.17, 15) is 9.59 Å². The largest absolute Gasteiger partial charge is 0.386 e. The molecule has 3 N–H and O–H groups in total. The highest BCUT2D eigenvalue weighted by molar-refractivity contribution is 6.05. The summed E-state index contributed by atoms with van der Waals surface area (Å²) in [6, 6.07) is 5.38. The van der Waals surface area contributed by atoms with Crippen LogP contribution in [0.25, 0.3) is 11.0 Å². The Morgan fingerprint density at radius 3 is 2.76 bits per heavy atom. The normalized spacial score (nSPS) is 22.5. The maximum absolute atomic E-state index is 13.2. The summed E-state index contributed by atoms with van der Waals surface area (Å²) in [6.07, 6.45) is 4.49. The van der Waals surface area contributed by atoms with Gasteiger partial charge in [0.1, 0.15) is 17.0 Å². The van der Waals surface area contributed by atoms with Gasteiger partial charge in [-0.2, -0.15) is 0 Å². The molecule has 2 aliphatic rings. The minimum absolute atomic E-state index is 0.00361. The molecule has 2 fully saturated rings. The van der Waals surface area contributed by atoms with Crippen molar-refractivity contribution < 1.29 is 14.1 Å². The van der Waals surface area contributed by atoms with Gasteiger partial charge in [-0.15, -0.1) is 0 Å². The summed E-state index contributed by atoms with van der Waals surface area (Å²) in [5, 5.41) is 13.2. The number of carbonyl (C=O) groups excluding carboxylic acids is 1. The van der Waals surface area contributed by atoms with Crippen molar-refractivity contribution in [3.05, 3.63) is 40.5 Å². The number of pyridine rings is 2. The first-order valence-corrected chi connectivity index (χ1v) is 11.5. The number of hydrogen-bond acceptors (Lipinski definition) is 9. The molecular formula is C23H29N7O4. The van der Waals surface area contributed by atoms with E-state index in [0.717, 1.165) is 32.4 Å². The fraction of sp³-hybridized carbons (Fsp3) is 0.478. The van der Waals surface area contributed by atoms with Gasteiger partial charge in [-0.1, -0.05) is 5.16 Å². The van der Waals surface area contributed by atoms with E-state index >= 15 is 0 Å². The van der Waals surface area contributed by atoms with Gasteiger partial charge in [-0.3, -0.25) is 9.59 Å². The molecule has 0 spiro atoms. The summed E-state index contributed by atoms with van der Waals surface area (Å²) in [7, 11) is 5.43. The van der Waals surface area contributed by atoms with Crippen molar-refractivity contribution >= 4 is 34.1 Å². The zero-order valence-electron chi connectivity index (χ0n) is 19.5. The van der Waals surface area contributed by atoms with E-state index in [1.165, 1.54) is 0 Å². The molecule has 0 radical (unpaired) electrons. The van der Waals surface area contributed by atoms with Crippen molar-refractivity contribution in [3.63, 3.8) is 0 Å². The van der Waals surface area contributed by atoms with Crippen molar-refractivity contribution in [1.29, 1.82) is 0 Å². The van der Waals surface area contributed by atoms with Gasteiger partial charge >= 0.3 is 0 Å². The summed E-state index contributed by atoms with van der Waals surface area (Å²) < 4.78 is 12.5. The standard InChI is InChI=1S/C23H29N7O4/c1-24-16-11-18(25-15-5-4-9-30(23(15)32)13-8-10-29(2)12-13)27-20-19(16)28-34-21(20)22(31)26-14-6-7-17(14)33-3/h4-5,9,11,13-14,17,24H,6-8,10,12H2,1-3H3,(H,25,27)(H,26,31)/t13?,14-,17-/m1/s1. The number of carbonyl (C=O) groups is 1. The molecule has 4 heterocycles. The Kier molecular flexibility index (Phi) is 5.96. The quantitative estimate of drug-likeness (QED) is 0.478. The number of hydrogen-bond donors (Lipinski definition) is 3. The summed E-state index contributed by atoms with van der Waals surface area (Å²) in [5.74, 6) is 0.0376. The number of nitrogens with zero attached hydrogens (tertiary/aromatic N) is 4. The van der Waals surface area contributed by atoms with Gasteiger partial charge in [-0.25, -0.2) is 4.98 Å². The van der Waals surface area contributed by atoms with Crippen LogP contribution in [0.4, 0.5) is 17.2 Å². The predicted molar refractivity (Wildman–Crippen MR) is 128 cm³/mol. The second-order valence-corrected chi connectivity index (χ2v) is 8.91. The van der Waals surface area contributed by atoms with Crippen molar-refractivity contribution in [2.75, 3.05) is 44.9 Å². The van der Waals surface area contributed by atoms with Crippen LogP contribution >= 0.6 is 0 Å². The number of likely N-dealkylation sites (tertiary alicyclic amines) is 1. The fourth-order valence-corrected chi connectivity index (χ4v) is 4.65. The Balaban J connectivity index is 1.45. The number of likely N-dealkylation sites (N-methyl/N-ethyl adjacent to an activating group) is 1. The summed E-state index contributed by atoms with van der Waals surface area (Å²) >= 11 is 0. The number of rotatable bonds is 7. The fourth-order valence-electron chi connectivity index (χ4n) is 4.65. The Labute approximate surface area is 196 Å². The number of amides is 1. The van der Waals surface area contributed by atoms with Crippen LogP contribution in [0.5, 0.6) is 0 Å². The molecule has 1 unspecified atom stereocenters. The van der Waals surface area contributed by atoms with Crippen LogP contribution in [0, 0.1) is 0 Å². The van der Waals surface area contributed by atoms with Crippen LogP contribution in [-0.4, -0.2) is 72.0 Å². The van der Waals surface area contributed by atoms with Crippen molar-refractivity contribution in [2.24, 2.45) is 0 Å². The molecule has 3 aromatic rings. The third-order valence-electron chi connectivity index (χ3n) is 6.74. The Morgan fingerprint density at radius 1 is 1.24 bits per heavy atom. The van der Waals surface area contributed by atoms with E-state index in [4.69, 9.17) is 9.26 Å². The van der Waals surface area contributed by atoms with Gasteiger partial charge in [0.15, 0.2) is 5.52 Å². The average Bonchev–Trinajstić information content (AvgIpc) is 3.44. The molecule has 1 saturated carbocycles. The van der Waals surface area contributed by atoms with Gasteiger partial charge in [0.2, 0.25) is 5.76 Å². The number of ether oxygens (including phenoxy) is 1. The maximum atomic E-state index is 13.2. The van der Waals surface area contributed by atoms with E-state index in [1.807, 2.05) is 12.3 Å². The third-order valence-corrected chi connectivity index (χ3v) is 6.74. The lowest BCUT2D eigenvalue weighted by atomic mass is 9.89. The van der Waals surface area contributed by atoms with Gasteiger partial charge in [-0.05, 0) is 45.0 Å². The molecule has 0 bridgehead atoms. The smallest absolute Gasteiger partial charge is 0.292 e. The van der Waals surface area contributed by atoms with E-state index < -0.39 is 5.91 Å². The molecular weight excluding hydrogens is 438 g/mol. The molecule has 0 aromatic carbocycles. The van der Waals surface area contributed by atoms with Gasteiger partial charge in [0.05, 0.1) is 23.9 Å². The number of methoxy groups -OCH3 is 1. The number of aromatic nitrogens is 3. The topological polar surface area (TPSA) is 127 Å². The average molecular weight is 468 g/mol. The molecule has 1 amide bonds. The number of nitrogens with one attached hydrogen (secondary N) is 3. The molecule has 3 aromatic heterocycles. The Morgan fingerprint density at radius 2 is 2.09 bits per heavy atom. The van der Waals surface area contributed by atoms with Gasteiger partial charge in [0, 0.05) is 33.0 Å². The van der Waals surface area contributed by atoms with Crippen LogP contribution in [0.3, 0.4) is 0 Å². The summed E-state index contributed by atoms with van der Waals surface area (Å²) in [4.78, 5) is 32.8. The first-order valence-electron chi connectivity index (χ1n) is 11.5. The van der Waals surface area contributed by atoms with Crippen LogP contribution in [0.2, 0.25) is 0 Å². The highest BCUT2D eigenvalue weighted by Gasteiger charge is 2.34. The molecule has 5 rings (SSSR count). The predicted octanol–water partition coefficient (Wildman–Crippen LogP) is 1.95. The van der Waals surface area contributed by atoms with Crippen LogP contribution in [0.1, 0.15) is 35.9 Å².